The third-order valence-corrected chi connectivity index (χ3v) is 5.25. The molecular weight excluding hydrogens is 242 g/mol. The summed E-state index contributed by atoms with van der Waals surface area (Å²) in [5, 5.41) is 0. The predicted molar refractivity (Wildman–Crippen MR) is 90.5 cm³/mol. The quantitative estimate of drug-likeness (QED) is 0.608. The second-order valence-corrected chi connectivity index (χ2v) is 6.98. The lowest BCUT2D eigenvalue weighted by atomic mass is 9.64. The van der Waals surface area contributed by atoms with Crippen LogP contribution in [0.5, 0.6) is 0 Å². The fourth-order valence-electron chi connectivity index (χ4n) is 3.57. The molecule has 1 heteroatoms. The SMILES string of the molecule is C=CC1CC(C(C)C)C(C=C)CC1C(=C)N(C)C(C)C. The smallest absolute Gasteiger partial charge is 0.0227 e. The van der Waals surface area contributed by atoms with Crippen molar-refractivity contribution < 1.29 is 0 Å². The lowest BCUT2D eigenvalue weighted by Gasteiger charge is -2.44. The van der Waals surface area contributed by atoms with Gasteiger partial charge in [-0.15, -0.1) is 13.2 Å². The monoisotopic (exact) mass is 275 g/mol. The van der Waals surface area contributed by atoms with E-state index in [4.69, 9.17) is 0 Å². The highest BCUT2D eigenvalue weighted by molar-refractivity contribution is 5.11. The number of rotatable bonds is 6. The van der Waals surface area contributed by atoms with Crippen molar-refractivity contribution in [1.29, 1.82) is 0 Å². The number of hydrogen-bond donors (Lipinski definition) is 0. The van der Waals surface area contributed by atoms with E-state index in [1.807, 2.05) is 0 Å². The minimum absolute atomic E-state index is 0.498. The summed E-state index contributed by atoms with van der Waals surface area (Å²) in [6, 6.07) is 0.498. The highest BCUT2D eigenvalue weighted by atomic mass is 15.1. The molecule has 1 saturated carbocycles. The van der Waals surface area contributed by atoms with Crippen LogP contribution in [0.2, 0.25) is 0 Å². The van der Waals surface area contributed by atoms with Crippen LogP contribution >= 0.6 is 0 Å². The van der Waals surface area contributed by atoms with E-state index >= 15 is 0 Å². The Morgan fingerprint density at radius 3 is 2.00 bits per heavy atom. The number of hydrogen-bond acceptors (Lipinski definition) is 1. The normalized spacial score (nSPS) is 30.4. The molecule has 0 aromatic rings. The Balaban J connectivity index is 2.94. The van der Waals surface area contributed by atoms with Gasteiger partial charge in [0.1, 0.15) is 0 Å². The lowest BCUT2D eigenvalue weighted by molar-refractivity contribution is 0.128. The maximum Gasteiger partial charge on any atom is 0.0227 e. The minimum atomic E-state index is 0.498. The maximum absolute atomic E-state index is 4.38. The molecule has 1 aliphatic carbocycles. The summed E-state index contributed by atoms with van der Waals surface area (Å²) in [4.78, 5) is 2.32. The first kappa shape index (κ1) is 17.1. The molecule has 0 N–H and O–H groups in total. The fourth-order valence-corrected chi connectivity index (χ4v) is 3.57. The minimum Gasteiger partial charge on any atom is -0.376 e. The summed E-state index contributed by atoms with van der Waals surface area (Å²) < 4.78 is 0. The zero-order valence-corrected chi connectivity index (χ0v) is 14.1. The van der Waals surface area contributed by atoms with Gasteiger partial charge in [0.15, 0.2) is 0 Å². The molecule has 0 heterocycles. The van der Waals surface area contributed by atoms with Gasteiger partial charge in [0.2, 0.25) is 0 Å². The molecular formula is C19H33N. The summed E-state index contributed by atoms with van der Waals surface area (Å²) in [6.45, 7) is 21.6. The van der Waals surface area contributed by atoms with Gasteiger partial charge in [-0.05, 0) is 50.4 Å². The Bertz CT molecular complexity index is 353. The molecule has 4 atom stereocenters. The van der Waals surface area contributed by atoms with Crippen LogP contribution < -0.4 is 0 Å². The molecule has 1 aliphatic rings. The van der Waals surface area contributed by atoms with Crippen molar-refractivity contribution in [3.05, 3.63) is 37.6 Å². The number of allylic oxidation sites excluding steroid dienone is 3. The van der Waals surface area contributed by atoms with E-state index in [2.05, 4.69) is 71.5 Å². The highest BCUT2D eigenvalue weighted by Gasteiger charge is 2.37. The molecule has 0 aliphatic heterocycles. The molecule has 20 heavy (non-hydrogen) atoms. The average molecular weight is 275 g/mol. The molecule has 1 fully saturated rings. The van der Waals surface area contributed by atoms with Crippen molar-refractivity contribution in [2.75, 3.05) is 7.05 Å². The molecule has 0 saturated heterocycles. The molecule has 0 aromatic heterocycles. The summed E-state index contributed by atoms with van der Waals surface area (Å²) in [6.07, 6.45) is 6.70. The van der Waals surface area contributed by atoms with Crippen LogP contribution in [-0.2, 0) is 0 Å². The molecule has 1 nitrogen and oxygen atoms in total. The molecule has 1 rings (SSSR count). The summed E-state index contributed by atoms with van der Waals surface area (Å²) in [7, 11) is 2.16. The van der Waals surface area contributed by atoms with Gasteiger partial charge in [-0.25, -0.2) is 0 Å². The van der Waals surface area contributed by atoms with E-state index in [0.717, 1.165) is 5.92 Å². The van der Waals surface area contributed by atoms with Gasteiger partial charge < -0.3 is 4.90 Å². The van der Waals surface area contributed by atoms with E-state index in [1.54, 1.807) is 0 Å². The van der Waals surface area contributed by atoms with Gasteiger partial charge >= 0.3 is 0 Å². The summed E-state index contributed by atoms with van der Waals surface area (Å²) >= 11 is 0. The first-order valence-corrected chi connectivity index (χ1v) is 8.00. The third kappa shape index (κ3) is 3.56. The zero-order chi connectivity index (χ0) is 15.4. The molecule has 0 aromatic carbocycles. The van der Waals surface area contributed by atoms with Crippen LogP contribution in [0, 0.1) is 29.6 Å². The van der Waals surface area contributed by atoms with Crippen LogP contribution in [0.3, 0.4) is 0 Å². The van der Waals surface area contributed by atoms with Gasteiger partial charge in [0, 0.05) is 24.7 Å². The van der Waals surface area contributed by atoms with Crippen molar-refractivity contribution in [3.63, 3.8) is 0 Å². The van der Waals surface area contributed by atoms with E-state index < -0.39 is 0 Å². The second-order valence-electron chi connectivity index (χ2n) is 6.98. The Morgan fingerprint density at radius 2 is 1.60 bits per heavy atom. The molecule has 4 unspecified atom stereocenters. The van der Waals surface area contributed by atoms with E-state index in [0.29, 0.717) is 29.7 Å². The van der Waals surface area contributed by atoms with Gasteiger partial charge in [0.05, 0.1) is 0 Å². The molecule has 0 bridgehead atoms. The molecule has 0 radical (unpaired) electrons. The largest absolute Gasteiger partial charge is 0.376 e. The highest BCUT2D eigenvalue weighted by Crippen LogP contribution is 2.45. The van der Waals surface area contributed by atoms with Crippen LogP contribution in [0.1, 0.15) is 40.5 Å². The van der Waals surface area contributed by atoms with Crippen molar-refractivity contribution in [2.45, 2.75) is 46.6 Å². The first-order valence-electron chi connectivity index (χ1n) is 8.00. The Labute approximate surface area is 126 Å². The van der Waals surface area contributed by atoms with Crippen LogP contribution in [-0.4, -0.2) is 18.0 Å². The van der Waals surface area contributed by atoms with Gasteiger partial charge in [-0.1, -0.05) is 32.6 Å². The summed E-state index contributed by atoms with van der Waals surface area (Å²) in [5.41, 5.74) is 1.26. The Hall–Kier alpha value is -0.980. The van der Waals surface area contributed by atoms with Crippen LogP contribution in [0.25, 0.3) is 0 Å². The van der Waals surface area contributed by atoms with E-state index in [1.165, 1.54) is 18.5 Å². The average Bonchev–Trinajstić information content (AvgIpc) is 2.43. The van der Waals surface area contributed by atoms with Crippen molar-refractivity contribution in [1.82, 2.24) is 4.90 Å². The second kappa shape index (κ2) is 7.15. The van der Waals surface area contributed by atoms with Crippen molar-refractivity contribution >= 4 is 0 Å². The van der Waals surface area contributed by atoms with Crippen LogP contribution in [0.15, 0.2) is 37.6 Å². The van der Waals surface area contributed by atoms with E-state index in [-0.39, 0.29) is 0 Å². The Morgan fingerprint density at radius 1 is 1.05 bits per heavy atom. The zero-order valence-electron chi connectivity index (χ0n) is 14.1. The summed E-state index contributed by atoms with van der Waals surface area (Å²) in [5.74, 6) is 3.10. The molecule has 0 spiro atoms. The van der Waals surface area contributed by atoms with Gasteiger partial charge in [-0.3, -0.25) is 0 Å². The topological polar surface area (TPSA) is 3.24 Å². The maximum atomic E-state index is 4.38. The van der Waals surface area contributed by atoms with Gasteiger partial charge in [0.25, 0.3) is 0 Å². The van der Waals surface area contributed by atoms with E-state index in [9.17, 15) is 0 Å². The van der Waals surface area contributed by atoms with Crippen molar-refractivity contribution in [2.24, 2.45) is 29.6 Å². The first-order chi connectivity index (χ1) is 9.33. The van der Waals surface area contributed by atoms with Crippen molar-refractivity contribution in [3.8, 4) is 0 Å². The fraction of sp³-hybridized carbons (Fsp3) is 0.684. The van der Waals surface area contributed by atoms with Gasteiger partial charge in [-0.2, -0.15) is 0 Å². The van der Waals surface area contributed by atoms with Crippen LogP contribution in [0.4, 0.5) is 0 Å². The molecule has 114 valence electrons. The lowest BCUT2D eigenvalue weighted by Crippen LogP contribution is -2.38. The number of nitrogens with zero attached hydrogens (tertiary/aromatic N) is 1. The Kier molecular flexibility index (Phi) is 6.10. The predicted octanol–water partition coefficient (Wildman–Crippen LogP) is 5.13. The third-order valence-electron chi connectivity index (χ3n) is 5.25. The standard InChI is InChI=1S/C19H33N/c1-9-16-12-19(15(7)20(8)14(5)6)17(10-2)11-18(16)13(3)4/h9-10,13-14,16-19H,1-2,7,11-12H2,3-6,8H3. The molecule has 0 amide bonds.